The Morgan fingerprint density at radius 1 is 1.38 bits per heavy atom. The number of amides is 1. The van der Waals surface area contributed by atoms with Gasteiger partial charge in [-0.15, -0.1) is 11.3 Å². The normalized spacial score (nSPS) is 11.2. The lowest BCUT2D eigenvalue weighted by molar-refractivity contribution is 0.0171. The topological polar surface area (TPSA) is 51.2 Å². The van der Waals surface area contributed by atoms with Gasteiger partial charge in [0.1, 0.15) is 6.61 Å². The average Bonchev–Trinajstić information content (AvgIpc) is 2.93. The Morgan fingerprint density at radius 2 is 2.10 bits per heavy atom. The summed E-state index contributed by atoms with van der Waals surface area (Å²) in [6.45, 7) is 0.999. The largest absolute Gasteiger partial charge is 0.445 e. The van der Waals surface area contributed by atoms with E-state index in [4.69, 9.17) is 4.74 Å². The maximum atomic E-state index is 13.0. The predicted molar refractivity (Wildman–Crippen MR) is 75.1 cm³/mol. The Balaban J connectivity index is 1.78. The van der Waals surface area contributed by atoms with Crippen LogP contribution in [0.15, 0.2) is 35.7 Å². The molecule has 0 aliphatic carbocycles. The van der Waals surface area contributed by atoms with Crippen LogP contribution in [0, 0.1) is 0 Å². The molecule has 1 heterocycles. The minimum absolute atomic E-state index is 0.0558. The van der Waals surface area contributed by atoms with Crippen LogP contribution >= 0.6 is 11.3 Å². The number of carbonyl (C=O) groups excluding carboxylic acids is 1. The number of nitrogens with zero attached hydrogens (tertiary/aromatic N) is 1. The van der Waals surface area contributed by atoms with E-state index < -0.39 is 12.0 Å². The summed E-state index contributed by atoms with van der Waals surface area (Å²) in [6.07, 6.45) is -0.614. The molecule has 112 valence electrons. The quantitative estimate of drug-likeness (QED) is 0.916. The van der Waals surface area contributed by atoms with Crippen LogP contribution in [0.1, 0.15) is 23.2 Å². The van der Waals surface area contributed by atoms with Crippen molar-refractivity contribution in [2.75, 3.05) is 0 Å². The van der Waals surface area contributed by atoms with Crippen molar-refractivity contribution in [1.82, 2.24) is 10.3 Å². The summed E-state index contributed by atoms with van der Waals surface area (Å²) in [5.74, 6) is -2.96. The van der Waals surface area contributed by atoms with Gasteiger partial charge in [0.2, 0.25) is 0 Å². The van der Waals surface area contributed by atoms with Crippen LogP contribution in [0.4, 0.5) is 13.6 Å². The Morgan fingerprint density at radius 3 is 2.71 bits per heavy atom. The van der Waals surface area contributed by atoms with Gasteiger partial charge in [0.25, 0.3) is 5.92 Å². The molecule has 2 aromatic rings. The summed E-state index contributed by atoms with van der Waals surface area (Å²) in [7, 11) is 0. The third kappa shape index (κ3) is 4.78. The number of rotatable bonds is 5. The number of alkyl carbamates (subject to hydrolysis) is 1. The summed E-state index contributed by atoms with van der Waals surface area (Å²) >= 11 is 0.865. The summed E-state index contributed by atoms with van der Waals surface area (Å²) in [5, 5.41) is 3.70. The molecular weight excluding hydrogens is 298 g/mol. The first-order valence-electron chi connectivity index (χ1n) is 6.22. The van der Waals surface area contributed by atoms with Crippen LogP contribution in [-0.2, 0) is 23.8 Å². The summed E-state index contributed by atoms with van der Waals surface area (Å²) in [6, 6.07) is 9.23. The fourth-order valence-electron chi connectivity index (χ4n) is 1.53. The molecule has 0 radical (unpaired) electrons. The zero-order valence-corrected chi connectivity index (χ0v) is 12.1. The predicted octanol–water partition coefficient (Wildman–Crippen LogP) is 3.68. The molecule has 0 saturated carbocycles. The van der Waals surface area contributed by atoms with Gasteiger partial charge >= 0.3 is 6.09 Å². The molecule has 0 saturated heterocycles. The van der Waals surface area contributed by atoms with Gasteiger partial charge in [-0.2, -0.15) is 8.78 Å². The molecule has 21 heavy (non-hydrogen) atoms. The first-order chi connectivity index (χ1) is 9.95. The number of nitrogens with one attached hydrogen (secondary N) is 1. The standard InChI is InChI=1S/C14H14F2N2O2S/c1-14(15,16)12-18-11(9-21-12)7-17-13(19)20-8-10-5-3-2-4-6-10/h2-6,9H,7-8H2,1H3,(H,17,19). The summed E-state index contributed by atoms with van der Waals surface area (Å²) in [4.78, 5) is 15.3. The first-order valence-corrected chi connectivity index (χ1v) is 7.10. The number of hydrogen-bond donors (Lipinski definition) is 1. The Bertz CT molecular complexity index is 597. The van der Waals surface area contributed by atoms with Crippen molar-refractivity contribution in [1.29, 1.82) is 0 Å². The SMILES string of the molecule is CC(F)(F)c1nc(CNC(=O)OCc2ccccc2)cs1. The Hall–Kier alpha value is -2.02. The van der Waals surface area contributed by atoms with E-state index >= 15 is 0 Å². The fraction of sp³-hybridized carbons (Fsp3) is 0.286. The molecule has 7 heteroatoms. The van der Waals surface area contributed by atoms with Crippen LogP contribution in [0.25, 0.3) is 0 Å². The van der Waals surface area contributed by atoms with Gasteiger partial charge in [-0.1, -0.05) is 30.3 Å². The molecule has 4 nitrogen and oxygen atoms in total. The molecule has 0 aliphatic heterocycles. The molecule has 0 unspecified atom stereocenters. The number of hydrogen-bond acceptors (Lipinski definition) is 4. The summed E-state index contributed by atoms with van der Waals surface area (Å²) in [5.41, 5.74) is 1.25. The van der Waals surface area contributed by atoms with Crippen molar-refractivity contribution in [3.63, 3.8) is 0 Å². The summed E-state index contributed by atoms with van der Waals surface area (Å²) < 4.78 is 31.0. The zero-order valence-electron chi connectivity index (χ0n) is 11.3. The zero-order chi connectivity index (χ0) is 15.3. The van der Waals surface area contributed by atoms with Gasteiger partial charge < -0.3 is 10.1 Å². The van der Waals surface area contributed by atoms with Gasteiger partial charge in [-0.25, -0.2) is 9.78 Å². The second kappa shape index (κ2) is 6.62. The molecule has 0 atom stereocenters. The van der Waals surface area contributed by atoms with Gasteiger partial charge in [-0.3, -0.25) is 0 Å². The maximum Gasteiger partial charge on any atom is 0.407 e. The number of ether oxygens (including phenoxy) is 1. The van der Waals surface area contributed by atoms with E-state index in [1.54, 1.807) is 0 Å². The second-order valence-corrected chi connectivity index (χ2v) is 5.31. The molecule has 1 amide bonds. The lowest BCUT2D eigenvalue weighted by Gasteiger charge is -2.06. The molecule has 0 aliphatic rings. The molecular formula is C14H14F2N2O2S. The van der Waals surface area contributed by atoms with Crippen molar-refractivity contribution in [3.8, 4) is 0 Å². The van der Waals surface area contributed by atoms with Crippen molar-refractivity contribution in [2.24, 2.45) is 0 Å². The van der Waals surface area contributed by atoms with E-state index in [1.165, 1.54) is 5.38 Å². The van der Waals surface area contributed by atoms with Crippen LogP contribution in [0.3, 0.4) is 0 Å². The lowest BCUT2D eigenvalue weighted by Crippen LogP contribution is -2.23. The molecule has 0 fully saturated rings. The number of carbonyl (C=O) groups is 1. The average molecular weight is 312 g/mol. The van der Waals surface area contributed by atoms with Crippen molar-refractivity contribution < 1.29 is 18.3 Å². The van der Waals surface area contributed by atoms with Crippen LogP contribution in [0.2, 0.25) is 0 Å². The molecule has 0 spiro atoms. The highest BCUT2D eigenvalue weighted by molar-refractivity contribution is 7.09. The Labute approximate surface area is 124 Å². The van der Waals surface area contributed by atoms with Crippen LogP contribution in [0.5, 0.6) is 0 Å². The maximum absolute atomic E-state index is 13.0. The van der Waals surface area contributed by atoms with E-state index in [0.29, 0.717) is 5.69 Å². The third-order valence-electron chi connectivity index (χ3n) is 2.55. The molecule has 1 aromatic heterocycles. The molecule has 1 aromatic carbocycles. The monoisotopic (exact) mass is 312 g/mol. The third-order valence-corrected chi connectivity index (χ3v) is 3.62. The van der Waals surface area contributed by atoms with Gasteiger partial charge in [0.15, 0.2) is 5.01 Å². The van der Waals surface area contributed by atoms with E-state index in [9.17, 15) is 13.6 Å². The number of benzene rings is 1. The first kappa shape index (κ1) is 15.4. The van der Waals surface area contributed by atoms with Gasteiger partial charge in [0.05, 0.1) is 12.2 Å². The van der Waals surface area contributed by atoms with Crippen LogP contribution < -0.4 is 5.32 Å². The number of aromatic nitrogens is 1. The minimum atomic E-state index is -2.96. The smallest absolute Gasteiger partial charge is 0.407 e. The minimum Gasteiger partial charge on any atom is -0.445 e. The lowest BCUT2D eigenvalue weighted by atomic mass is 10.2. The molecule has 1 N–H and O–H groups in total. The number of thiazole rings is 1. The Kier molecular flexibility index (Phi) is 4.85. The van der Waals surface area contributed by atoms with E-state index in [0.717, 1.165) is 23.8 Å². The molecule has 2 rings (SSSR count). The van der Waals surface area contributed by atoms with E-state index in [2.05, 4.69) is 10.3 Å². The second-order valence-electron chi connectivity index (χ2n) is 4.45. The van der Waals surface area contributed by atoms with Crippen molar-refractivity contribution in [2.45, 2.75) is 26.0 Å². The highest BCUT2D eigenvalue weighted by Gasteiger charge is 2.28. The van der Waals surface area contributed by atoms with Crippen molar-refractivity contribution >= 4 is 17.4 Å². The van der Waals surface area contributed by atoms with E-state index in [1.807, 2.05) is 30.3 Å². The highest BCUT2D eigenvalue weighted by Crippen LogP contribution is 2.29. The molecule has 0 bridgehead atoms. The van der Waals surface area contributed by atoms with Gasteiger partial charge in [0, 0.05) is 12.3 Å². The van der Waals surface area contributed by atoms with Crippen molar-refractivity contribution in [3.05, 3.63) is 52.0 Å². The van der Waals surface area contributed by atoms with Crippen LogP contribution in [-0.4, -0.2) is 11.1 Å². The number of halogens is 2. The number of alkyl halides is 2. The fourth-order valence-corrected chi connectivity index (χ4v) is 2.29. The van der Waals surface area contributed by atoms with Gasteiger partial charge in [-0.05, 0) is 5.56 Å². The highest BCUT2D eigenvalue weighted by atomic mass is 32.1. The van der Waals surface area contributed by atoms with E-state index in [-0.39, 0.29) is 18.2 Å².